The molecule has 3 aromatic carbocycles. The van der Waals surface area contributed by atoms with Crippen molar-refractivity contribution in [3.63, 3.8) is 0 Å². The quantitative estimate of drug-likeness (QED) is 0.231. The van der Waals surface area contributed by atoms with Gasteiger partial charge in [0.05, 0.1) is 10.5 Å². The Hall–Kier alpha value is -3.97. The monoisotopic (exact) mass is 434 g/mol. The molecular formula is C23H15ClN2O5. The summed E-state index contributed by atoms with van der Waals surface area (Å²) < 4.78 is 5.90. The van der Waals surface area contributed by atoms with E-state index in [4.69, 9.17) is 21.2 Å². The Morgan fingerprint density at radius 1 is 1.06 bits per heavy atom. The fraction of sp³-hybridized carbons (Fsp3) is 0.0435. The maximum Gasteiger partial charge on any atom is 0.368 e. The first-order valence-electron chi connectivity index (χ1n) is 9.24. The predicted molar refractivity (Wildman–Crippen MR) is 116 cm³/mol. The van der Waals surface area contributed by atoms with E-state index in [2.05, 4.69) is 5.16 Å². The van der Waals surface area contributed by atoms with Crippen LogP contribution >= 0.6 is 11.6 Å². The summed E-state index contributed by atoms with van der Waals surface area (Å²) in [4.78, 5) is 27.5. The third kappa shape index (κ3) is 4.62. The molecule has 4 rings (SSSR count). The molecule has 0 aliphatic carbocycles. The number of rotatable bonds is 6. The average molecular weight is 435 g/mol. The van der Waals surface area contributed by atoms with E-state index in [1.54, 1.807) is 36.4 Å². The molecule has 31 heavy (non-hydrogen) atoms. The molecule has 0 saturated carbocycles. The lowest BCUT2D eigenvalue weighted by atomic mass is 10.0. The number of non-ortho nitro benzene ring substituents is 1. The highest BCUT2D eigenvalue weighted by Gasteiger charge is 2.27. The van der Waals surface area contributed by atoms with Crippen molar-refractivity contribution < 1.29 is 19.3 Å². The van der Waals surface area contributed by atoms with Gasteiger partial charge in [0.2, 0.25) is 0 Å². The van der Waals surface area contributed by atoms with Crippen LogP contribution in [0.4, 0.5) is 5.69 Å². The number of carbonyl (C=O) groups is 1. The van der Waals surface area contributed by atoms with Gasteiger partial charge >= 0.3 is 5.97 Å². The zero-order valence-corrected chi connectivity index (χ0v) is 16.8. The summed E-state index contributed by atoms with van der Waals surface area (Å²) >= 11 is 6.16. The smallest absolute Gasteiger partial charge is 0.368 e. The van der Waals surface area contributed by atoms with Crippen molar-refractivity contribution in [1.29, 1.82) is 0 Å². The van der Waals surface area contributed by atoms with E-state index in [1.165, 1.54) is 12.1 Å². The summed E-state index contributed by atoms with van der Waals surface area (Å²) in [5, 5.41) is 15.2. The van der Waals surface area contributed by atoms with Gasteiger partial charge in [0, 0.05) is 28.3 Å². The van der Waals surface area contributed by atoms with Crippen molar-refractivity contribution in [3.8, 4) is 5.75 Å². The minimum atomic E-state index is -0.569. The number of halogens is 1. The van der Waals surface area contributed by atoms with Crippen molar-refractivity contribution in [2.24, 2.45) is 5.16 Å². The minimum absolute atomic E-state index is 0.00754. The third-order valence-electron chi connectivity index (χ3n) is 4.56. The van der Waals surface area contributed by atoms with Crippen LogP contribution in [0.3, 0.4) is 0 Å². The second-order valence-electron chi connectivity index (χ2n) is 6.64. The normalized spacial score (nSPS) is 14.3. The lowest BCUT2D eigenvalue weighted by Crippen LogP contribution is -2.07. The molecule has 0 spiro atoms. The van der Waals surface area contributed by atoms with Gasteiger partial charge in [-0.2, -0.15) is 0 Å². The number of carbonyl (C=O) groups excluding carboxylic acids is 1. The van der Waals surface area contributed by atoms with Gasteiger partial charge in [-0.15, -0.1) is 0 Å². The maximum atomic E-state index is 12.3. The van der Waals surface area contributed by atoms with Gasteiger partial charge in [-0.1, -0.05) is 47.1 Å². The Balaban J connectivity index is 1.61. The molecule has 0 atom stereocenters. The zero-order valence-electron chi connectivity index (χ0n) is 16.0. The molecule has 0 unspecified atom stereocenters. The lowest BCUT2D eigenvalue weighted by Gasteiger charge is -2.10. The van der Waals surface area contributed by atoms with Crippen molar-refractivity contribution >= 4 is 35.0 Å². The van der Waals surface area contributed by atoms with Crippen molar-refractivity contribution in [3.05, 3.63) is 110 Å². The van der Waals surface area contributed by atoms with Crippen molar-refractivity contribution in [2.45, 2.75) is 6.61 Å². The van der Waals surface area contributed by atoms with E-state index in [9.17, 15) is 14.9 Å². The molecule has 1 aliphatic rings. The fourth-order valence-corrected chi connectivity index (χ4v) is 3.19. The summed E-state index contributed by atoms with van der Waals surface area (Å²) in [6, 6.07) is 20.3. The Kier molecular flexibility index (Phi) is 5.77. The van der Waals surface area contributed by atoms with E-state index in [0.29, 0.717) is 22.0 Å². The summed E-state index contributed by atoms with van der Waals surface area (Å²) in [6.45, 7) is 0.180. The zero-order chi connectivity index (χ0) is 21.8. The molecule has 1 heterocycles. The second-order valence-corrected chi connectivity index (χ2v) is 7.07. The van der Waals surface area contributed by atoms with E-state index in [0.717, 1.165) is 11.1 Å². The van der Waals surface area contributed by atoms with Crippen LogP contribution < -0.4 is 4.74 Å². The summed E-state index contributed by atoms with van der Waals surface area (Å²) in [5.41, 5.74) is 2.79. The highest BCUT2D eigenvalue weighted by molar-refractivity contribution is 6.32. The van der Waals surface area contributed by atoms with Crippen LogP contribution in [0.1, 0.15) is 16.7 Å². The molecular weight excluding hydrogens is 420 g/mol. The van der Waals surface area contributed by atoms with Crippen LogP contribution in [-0.2, 0) is 16.2 Å². The van der Waals surface area contributed by atoms with Crippen LogP contribution in [0.25, 0.3) is 6.08 Å². The van der Waals surface area contributed by atoms with E-state index >= 15 is 0 Å². The molecule has 3 aromatic rings. The highest BCUT2D eigenvalue weighted by Crippen LogP contribution is 2.29. The number of oxime groups is 1. The topological polar surface area (TPSA) is 91.0 Å². The largest absolute Gasteiger partial charge is 0.488 e. The number of ether oxygens (including phenoxy) is 1. The number of hydrogen-bond donors (Lipinski definition) is 0. The fourth-order valence-electron chi connectivity index (χ4n) is 3.01. The van der Waals surface area contributed by atoms with Crippen molar-refractivity contribution in [2.75, 3.05) is 0 Å². The number of nitro groups is 1. The standard InChI is InChI=1S/C23H15ClN2O5/c24-18-8-11-21(30-14-15-6-9-19(10-7-15)26(28)29)17(12-18)13-20-22(25-31-23(20)27)16-4-2-1-3-5-16/h1-13H,14H2/b20-13-. The van der Waals surface area contributed by atoms with Crippen LogP contribution in [0.5, 0.6) is 5.75 Å². The van der Waals surface area contributed by atoms with Crippen LogP contribution in [-0.4, -0.2) is 16.6 Å². The molecule has 0 amide bonds. The first kappa shape index (κ1) is 20.3. The highest BCUT2D eigenvalue weighted by atomic mass is 35.5. The van der Waals surface area contributed by atoms with Gasteiger partial charge in [0.15, 0.2) is 0 Å². The van der Waals surface area contributed by atoms with E-state index < -0.39 is 10.9 Å². The molecule has 0 N–H and O–H groups in total. The predicted octanol–water partition coefficient (Wildman–Crippen LogP) is 5.17. The summed E-state index contributed by atoms with van der Waals surface area (Å²) in [6.07, 6.45) is 1.62. The molecule has 0 bridgehead atoms. The molecule has 154 valence electrons. The molecule has 0 aromatic heterocycles. The molecule has 0 saturated heterocycles. The van der Waals surface area contributed by atoms with Gasteiger partial charge in [-0.3, -0.25) is 10.1 Å². The summed E-state index contributed by atoms with van der Waals surface area (Å²) in [7, 11) is 0. The Labute approximate surface area is 182 Å². The minimum Gasteiger partial charge on any atom is -0.488 e. The van der Waals surface area contributed by atoms with Crippen LogP contribution in [0.2, 0.25) is 5.02 Å². The number of benzene rings is 3. The SMILES string of the molecule is O=C1ON=C(c2ccccc2)/C1=C/c1cc(Cl)ccc1OCc1ccc([N+](=O)[O-])cc1. The number of hydrogen-bond acceptors (Lipinski definition) is 6. The Morgan fingerprint density at radius 2 is 1.81 bits per heavy atom. The lowest BCUT2D eigenvalue weighted by molar-refractivity contribution is -0.384. The van der Waals surface area contributed by atoms with E-state index in [1.807, 2.05) is 30.3 Å². The number of nitrogens with zero attached hydrogens (tertiary/aromatic N) is 2. The molecule has 7 nitrogen and oxygen atoms in total. The Bertz CT molecular complexity index is 1200. The van der Waals surface area contributed by atoms with Crippen LogP contribution in [0, 0.1) is 10.1 Å². The average Bonchev–Trinajstić information content (AvgIpc) is 3.14. The van der Waals surface area contributed by atoms with Gasteiger partial charge in [0.25, 0.3) is 5.69 Å². The van der Waals surface area contributed by atoms with Gasteiger partial charge in [-0.05, 0) is 42.0 Å². The molecule has 1 aliphatic heterocycles. The molecule has 0 radical (unpaired) electrons. The molecule has 8 heteroatoms. The summed E-state index contributed by atoms with van der Waals surface area (Å²) in [5.74, 6) is -0.0810. The third-order valence-corrected chi connectivity index (χ3v) is 4.79. The van der Waals surface area contributed by atoms with Crippen LogP contribution in [0.15, 0.2) is 83.5 Å². The number of nitro benzene ring substituents is 1. The van der Waals surface area contributed by atoms with Crippen molar-refractivity contribution in [1.82, 2.24) is 0 Å². The molecule has 0 fully saturated rings. The maximum absolute atomic E-state index is 12.3. The van der Waals surface area contributed by atoms with Gasteiger partial charge in [-0.25, -0.2) is 4.79 Å². The van der Waals surface area contributed by atoms with Gasteiger partial charge in [0.1, 0.15) is 18.1 Å². The second kappa shape index (κ2) is 8.81. The van der Waals surface area contributed by atoms with E-state index in [-0.39, 0.29) is 17.9 Å². The Morgan fingerprint density at radius 3 is 2.52 bits per heavy atom. The first-order valence-corrected chi connectivity index (χ1v) is 9.61. The van der Waals surface area contributed by atoms with Gasteiger partial charge < -0.3 is 9.57 Å². The first-order chi connectivity index (χ1) is 15.0.